The molecule has 1 heterocycles. The lowest BCUT2D eigenvalue weighted by atomic mass is 10.0. The fourth-order valence-electron chi connectivity index (χ4n) is 2.19. The number of benzene rings is 1. The van der Waals surface area contributed by atoms with Crippen LogP contribution in [0.15, 0.2) is 24.5 Å². The zero-order valence-corrected chi connectivity index (χ0v) is 13.2. The van der Waals surface area contributed by atoms with E-state index in [4.69, 9.17) is 16.3 Å². The number of aliphatic hydroxyl groups is 1. The third kappa shape index (κ3) is 3.95. The minimum atomic E-state index is -0.715. The van der Waals surface area contributed by atoms with Gasteiger partial charge in [0, 0.05) is 23.6 Å². The number of aliphatic hydroxyl groups excluding tert-OH is 1. The Morgan fingerprint density at radius 1 is 1.38 bits per heavy atom. The van der Waals surface area contributed by atoms with Gasteiger partial charge in [-0.1, -0.05) is 31.5 Å². The molecule has 0 radical (unpaired) electrons. The Bertz CT molecular complexity index is 598. The van der Waals surface area contributed by atoms with Crippen molar-refractivity contribution >= 4 is 11.6 Å². The summed E-state index contributed by atoms with van der Waals surface area (Å²) in [5, 5.41) is 15.2. The molecule has 2 aromatic rings. The highest BCUT2D eigenvalue weighted by Gasteiger charge is 2.17. The molecule has 0 fully saturated rings. The van der Waals surface area contributed by atoms with E-state index in [0.717, 1.165) is 12.4 Å². The minimum absolute atomic E-state index is 0.380. The van der Waals surface area contributed by atoms with Crippen LogP contribution in [0.25, 0.3) is 0 Å². The Kier molecular flexibility index (Phi) is 5.20. The van der Waals surface area contributed by atoms with Gasteiger partial charge in [0.05, 0.1) is 13.2 Å². The lowest BCUT2D eigenvalue weighted by Gasteiger charge is -2.15. The van der Waals surface area contributed by atoms with Gasteiger partial charge >= 0.3 is 0 Å². The van der Waals surface area contributed by atoms with E-state index >= 15 is 0 Å². The highest BCUT2D eigenvalue weighted by atomic mass is 35.5. The van der Waals surface area contributed by atoms with Crippen LogP contribution in [-0.2, 0) is 13.0 Å². The molecule has 1 aromatic heterocycles. The third-order valence-corrected chi connectivity index (χ3v) is 3.40. The van der Waals surface area contributed by atoms with Gasteiger partial charge in [0.1, 0.15) is 17.9 Å². The second kappa shape index (κ2) is 6.91. The summed E-state index contributed by atoms with van der Waals surface area (Å²) in [6.45, 7) is 5.01. The van der Waals surface area contributed by atoms with Gasteiger partial charge in [-0.05, 0) is 18.1 Å². The molecule has 21 heavy (non-hydrogen) atoms. The summed E-state index contributed by atoms with van der Waals surface area (Å²) in [6, 6.07) is 5.20. The first-order valence-electron chi connectivity index (χ1n) is 6.89. The van der Waals surface area contributed by atoms with Gasteiger partial charge < -0.3 is 9.84 Å². The molecule has 0 bridgehead atoms. The number of halogens is 1. The van der Waals surface area contributed by atoms with Crippen LogP contribution in [0.2, 0.25) is 5.02 Å². The van der Waals surface area contributed by atoms with E-state index < -0.39 is 6.10 Å². The first-order valence-corrected chi connectivity index (χ1v) is 7.27. The van der Waals surface area contributed by atoms with E-state index in [1.165, 1.54) is 6.33 Å². The Balaban J connectivity index is 2.18. The van der Waals surface area contributed by atoms with Gasteiger partial charge in [-0.15, -0.1) is 0 Å². The molecular weight excluding hydrogens is 290 g/mol. The number of ether oxygens (including phenoxy) is 1. The molecule has 0 aliphatic rings. The number of nitrogens with zero attached hydrogens (tertiary/aromatic N) is 3. The largest absolute Gasteiger partial charge is 0.496 e. The quantitative estimate of drug-likeness (QED) is 0.891. The van der Waals surface area contributed by atoms with Gasteiger partial charge in [0.25, 0.3) is 0 Å². The van der Waals surface area contributed by atoms with Crippen LogP contribution in [-0.4, -0.2) is 27.0 Å². The van der Waals surface area contributed by atoms with E-state index in [2.05, 4.69) is 23.9 Å². The topological polar surface area (TPSA) is 60.2 Å². The molecule has 0 saturated heterocycles. The summed E-state index contributed by atoms with van der Waals surface area (Å²) in [6.07, 6.45) is 1.18. The Morgan fingerprint density at radius 2 is 2.14 bits per heavy atom. The molecule has 0 aliphatic carbocycles. The van der Waals surface area contributed by atoms with E-state index in [9.17, 15) is 5.11 Å². The van der Waals surface area contributed by atoms with Crippen LogP contribution < -0.4 is 4.74 Å². The molecule has 2 rings (SSSR count). The average molecular weight is 310 g/mol. The molecule has 6 heteroatoms. The summed E-state index contributed by atoms with van der Waals surface area (Å²) >= 11 is 5.94. The van der Waals surface area contributed by atoms with E-state index in [1.807, 2.05) is 4.68 Å². The van der Waals surface area contributed by atoms with E-state index in [1.54, 1.807) is 25.3 Å². The van der Waals surface area contributed by atoms with Crippen molar-refractivity contribution in [2.45, 2.75) is 32.9 Å². The average Bonchev–Trinajstić information content (AvgIpc) is 2.84. The smallest absolute Gasteiger partial charge is 0.138 e. The van der Waals surface area contributed by atoms with Gasteiger partial charge in [-0.25, -0.2) is 9.67 Å². The van der Waals surface area contributed by atoms with Gasteiger partial charge in [0.15, 0.2) is 0 Å². The van der Waals surface area contributed by atoms with Crippen molar-refractivity contribution in [1.82, 2.24) is 14.8 Å². The van der Waals surface area contributed by atoms with Crippen LogP contribution in [0.5, 0.6) is 5.75 Å². The number of methoxy groups -OCH3 is 1. The van der Waals surface area contributed by atoms with Gasteiger partial charge in [0.2, 0.25) is 0 Å². The van der Waals surface area contributed by atoms with Crippen molar-refractivity contribution in [1.29, 1.82) is 0 Å². The van der Waals surface area contributed by atoms with Crippen molar-refractivity contribution in [3.05, 3.63) is 40.9 Å². The van der Waals surface area contributed by atoms with Crippen LogP contribution in [0.3, 0.4) is 0 Å². The van der Waals surface area contributed by atoms with Gasteiger partial charge in [-0.3, -0.25) is 0 Å². The molecule has 1 aromatic carbocycles. The SMILES string of the molecule is COc1cc(Cl)ccc1C(O)Cc1ncnn1CC(C)C. The number of hydrogen-bond acceptors (Lipinski definition) is 4. The fraction of sp³-hybridized carbons (Fsp3) is 0.467. The summed E-state index contributed by atoms with van der Waals surface area (Å²) < 4.78 is 7.10. The van der Waals surface area contributed by atoms with Crippen LogP contribution >= 0.6 is 11.6 Å². The maximum absolute atomic E-state index is 10.4. The molecule has 1 unspecified atom stereocenters. The van der Waals surface area contributed by atoms with Crippen molar-refractivity contribution < 1.29 is 9.84 Å². The van der Waals surface area contributed by atoms with E-state index in [0.29, 0.717) is 28.7 Å². The van der Waals surface area contributed by atoms with Gasteiger partial charge in [-0.2, -0.15) is 5.10 Å². The molecule has 0 amide bonds. The van der Waals surface area contributed by atoms with Crippen molar-refractivity contribution in [2.24, 2.45) is 5.92 Å². The minimum Gasteiger partial charge on any atom is -0.496 e. The monoisotopic (exact) mass is 309 g/mol. The molecule has 1 atom stereocenters. The highest BCUT2D eigenvalue weighted by molar-refractivity contribution is 6.30. The predicted molar refractivity (Wildman–Crippen MR) is 81.5 cm³/mol. The molecule has 5 nitrogen and oxygen atoms in total. The molecule has 0 saturated carbocycles. The lowest BCUT2D eigenvalue weighted by molar-refractivity contribution is 0.169. The number of hydrogen-bond donors (Lipinski definition) is 1. The van der Waals surface area contributed by atoms with Crippen molar-refractivity contribution in [3.63, 3.8) is 0 Å². The first-order chi connectivity index (χ1) is 10.0. The Labute approximate surface area is 129 Å². The second-order valence-corrected chi connectivity index (χ2v) is 5.79. The summed E-state index contributed by atoms with van der Waals surface area (Å²) in [4.78, 5) is 4.23. The first kappa shape index (κ1) is 15.8. The standard InChI is InChI=1S/C15H20ClN3O2/c1-10(2)8-19-15(17-9-18-19)7-13(20)12-5-4-11(16)6-14(12)21-3/h4-6,9-10,13,20H,7-8H2,1-3H3. The normalized spacial score (nSPS) is 12.7. The zero-order chi connectivity index (χ0) is 15.4. The van der Waals surface area contributed by atoms with Crippen molar-refractivity contribution in [3.8, 4) is 5.75 Å². The fourth-order valence-corrected chi connectivity index (χ4v) is 2.35. The number of aromatic nitrogens is 3. The molecule has 0 spiro atoms. The molecule has 0 aliphatic heterocycles. The highest BCUT2D eigenvalue weighted by Crippen LogP contribution is 2.29. The predicted octanol–water partition coefficient (Wildman–Crippen LogP) is 2.87. The van der Waals surface area contributed by atoms with Crippen LogP contribution in [0.1, 0.15) is 31.3 Å². The third-order valence-electron chi connectivity index (χ3n) is 3.16. The summed E-state index contributed by atoms with van der Waals surface area (Å²) in [5.41, 5.74) is 0.695. The van der Waals surface area contributed by atoms with E-state index in [-0.39, 0.29) is 0 Å². The summed E-state index contributed by atoms with van der Waals surface area (Å²) in [5.74, 6) is 1.80. The maximum Gasteiger partial charge on any atom is 0.138 e. The summed E-state index contributed by atoms with van der Waals surface area (Å²) in [7, 11) is 1.56. The van der Waals surface area contributed by atoms with Crippen LogP contribution in [0, 0.1) is 5.92 Å². The zero-order valence-electron chi connectivity index (χ0n) is 12.5. The molecular formula is C15H20ClN3O2. The molecule has 1 N–H and O–H groups in total. The van der Waals surface area contributed by atoms with Crippen LogP contribution in [0.4, 0.5) is 0 Å². The Morgan fingerprint density at radius 3 is 2.81 bits per heavy atom. The number of rotatable bonds is 6. The second-order valence-electron chi connectivity index (χ2n) is 5.36. The Hall–Kier alpha value is -1.59. The van der Waals surface area contributed by atoms with Crippen molar-refractivity contribution in [2.75, 3.05) is 7.11 Å². The lowest BCUT2D eigenvalue weighted by Crippen LogP contribution is -2.13. The molecule has 114 valence electrons. The maximum atomic E-state index is 10.4.